The molecule has 0 spiro atoms. The Balaban J connectivity index is 1.55. The van der Waals surface area contributed by atoms with E-state index in [1.54, 1.807) is 12.1 Å². The fraction of sp³-hybridized carbons (Fsp3) is 0.0476. The number of halogens is 2. The maximum atomic E-state index is 12.3. The van der Waals surface area contributed by atoms with E-state index in [1.807, 2.05) is 55.5 Å². The molecule has 0 aliphatic carbocycles. The predicted molar refractivity (Wildman–Crippen MR) is 113 cm³/mol. The van der Waals surface area contributed by atoms with Gasteiger partial charge in [-0.2, -0.15) is 0 Å². The number of nitrogens with one attached hydrogen (secondary N) is 2. The lowest BCUT2D eigenvalue weighted by atomic mass is 10.1. The van der Waals surface area contributed by atoms with Gasteiger partial charge in [0.15, 0.2) is 0 Å². The molecule has 4 rings (SSSR count). The summed E-state index contributed by atoms with van der Waals surface area (Å²) in [4.78, 5) is 20.2. The number of rotatable bonds is 3. The minimum absolute atomic E-state index is 0.149. The van der Waals surface area contributed by atoms with Crippen LogP contribution >= 0.6 is 27.5 Å². The van der Waals surface area contributed by atoms with Crippen molar-refractivity contribution in [3.05, 3.63) is 81.3 Å². The van der Waals surface area contributed by atoms with E-state index in [4.69, 9.17) is 11.6 Å². The van der Waals surface area contributed by atoms with Crippen LogP contribution in [0.25, 0.3) is 22.4 Å². The average molecular weight is 441 g/mol. The molecule has 4 aromatic rings. The Bertz CT molecular complexity index is 1100. The normalized spacial score (nSPS) is 10.9. The summed E-state index contributed by atoms with van der Waals surface area (Å²) < 4.78 is 0.936. The highest BCUT2D eigenvalue weighted by Crippen LogP contribution is 2.26. The molecule has 134 valence electrons. The fourth-order valence-corrected chi connectivity index (χ4v) is 3.21. The third-order valence-electron chi connectivity index (χ3n) is 4.28. The molecule has 3 aromatic carbocycles. The first-order valence-corrected chi connectivity index (χ1v) is 9.50. The quantitative estimate of drug-likeness (QED) is 0.398. The second kappa shape index (κ2) is 7.18. The Hall–Kier alpha value is -2.63. The highest BCUT2D eigenvalue weighted by molar-refractivity contribution is 9.10. The number of hydrogen-bond acceptors (Lipinski definition) is 2. The molecule has 0 saturated heterocycles. The van der Waals surface area contributed by atoms with Crippen LogP contribution in [0.2, 0.25) is 5.02 Å². The molecule has 0 unspecified atom stereocenters. The number of carbonyl (C=O) groups is 1. The van der Waals surface area contributed by atoms with Crippen molar-refractivity contribution in [2.75, 3.05) is 5.32 Å². The number of anilines is 1. The zero-order valence-electron chi connectivity index (χ0n) is 14.4. The van der Waals surface area contributed by atoms with Crippen LogP contribution in [-0.4, -0.2) is 15.9 Å². The van der Waals surface area contributed by atoms with Crippen molar-refractivity contribution in [3.8, 4) is 11.4 Å². The first-order chi connectivity index (χ1) is 13.0. The molecular formula is C21H15BrClN3O. The molecule has 0 bridgehead atoms. The van der Waals surface area contributed by atoms with Crippen molar-refractivity contribution >= 4 is 50.2 Å². The third-order valence-corrected chi connectivity index (χ3v) is 5.22. The number of hydrogen-bond donors (Lipinski definition) is 2. The van der Waals surface area contributed by atoms with Crippen LogP contribution in [0.3, 0.4) is 0 Å². The summed E-state index contributed by atoms with van der Waals surface area (Å²) in [5.74, 6) is 0.613. The largest absolute Gasteiger partial charge is 0.338 e. The zero-order chi connectivity index (χ0) is 19.0. The lowest BCUT2D eigenvalue weighted by molar-refractivity contribution is 0.102. The Labute approximate surface area is 169 Å². The molecule has 1 amide bonds. The fourth-order valence-electron chi connectivity index (χ4n) is 2.79. The van der Waals surface area contributed by atoms with E-state index in [9.17, 15) is 4.79 Å². The van der Waals surface area contributed by atoms with Crippen LogP contribution in [0.15, 0.2) is 65.1 Å². The summed E-state index contributed by atoms with van der Waals surface area (Å²) in [7, 11) is 0. The van der Waals surface area contributed by atoms with E-state index >= 15 is 0 Å². The van der Waals surface area contributed by atoms with Crippen molar-refractivity contribution in [1.82, 2.24) is 9.97 Å². The maximum absolute atomic E-state index is 12.3. The Morgan fingerprint density at radius 1 is 1.07 bits per heavy atom. The van der Waals surface area contributed by atoms with Gasteiger partial charge in [-0.05, 0) is 73.2 Å². The van der Waals surface area contributed by atoms with Gasteiger partial charge in [0.2, 0.25) is 0 Å². The monoisotopic (exact) mass is 439 g/mol. The topological polar surface area (TPSA) is 57.8 Å². The smallest absolute Gasteiger partial charge is 0.255 e. The van der Waals surface area contributed by atoms with E-state index in [-0.39, 0.29) is 5.91 Å². The molecule has 0 aliphatic rings. The van der Waals surface area contributed by atoms with E-state index < -0.39 is 0 Å². The summed E-state index contributed by atoms with van der Waals surface area (Å²) in [5.41, 5.74) is 5.04. The zero-order valence-corrected chi connectivity index (χ0v) is 16.7. The van der Waals surface area contributed by atoms with Gasteiger partial charge < -0.3 is 10.3 Å². The first-order valence-electron chi connectivity index (χ1n) is 8.33. The van der Waals surface area contributed by atoms with Crippen molar-refractivity contribution in [1.29, 1.82) is 0 Å². The predicted octanol–water partition coefficient (Wildman–Crippen LogP) is 6.21. The lowest BCUT2D eigenvalue weighted by Crippen LogP contribution is -2.11. The van der Waals surface area contributed by atoms with Crippen LogP contribution in [0.1, 0.15) is 15.9 Å². The molecule has 0 aliphatic heterocycles. The summed E-state index contributed by atoms with van der Waals surface area (Å²) in [5, 5.41) is 3.60. The highest BCUT2D eigenvalue weighted by Gasteiger charge is 2.09. The lowest BCUT2D eigenvalue weighted by Gasteiger charge is -2.06. The molecule has 1 aromatic heterocycles. The van der Waals surface area contributed by atoms with Crippen LogP contribution in [0.4, 0.5) is 5.69 Å². The van der Waals surface area contributed by atoms with Crippen LogP contribution in [0.5, 0.6) is 0 Å². The second-order valence-corrected chi connectivity index (χ2v) is 7.57. The van der Waals surface area contributed by atoms with Gasteiger partial charge in [0.1, 0.15) is 5.82 Å². The molecule has 0 saturated carbocycles. The Morgan fingerprint density at radius 3 is 2.48 bits per heavy atom. The van der Waals surface area contributed by atoms with Gasteiger partial charge in [-0.15, -0.1) is 0 Å². The first kappa shape index (κ1) is 17.8. The van der Waals surface area contributed by atoms with Gasteiger partial charge >= 0.3 is 0 Å². The molecule has 4 nitrogen and oxygen atoms in total. The molecule has 0 radical (unpaired) electrons. The molecule has 2 N–H and O–H groups in total. The van der Waals surface area contributed by atoms with Gasteiger partial charge in [0.25, 0.3) is 5.91 Å². The minimum Gasteiger partial charge on any atom is -0.338 e. The SMILES string of the molecule is Cc1cc2[nH]c(-c3ccc(NC(=O)c4ccc(Br)cc4)cc3)nc2cc1Cl. The number of nitrogens with zero attached hydrogens (tertiary/aromatic N) is 1. The number of H-pyrrole nitrogens is 1. The van der Waals surface area contributed by atoms with Gasteiger partial charge in [0, 0.05) is 26.3 Å². The minimum atomic E-state index is -0.149. The number of amides is 1. The van der Waals surface area contributed by atoms with Crippen LogP contribution in [0, 0.1) is 6.92 Å². The van der Waals surface area contributed by atoms with Crippen molar-refractivity contribution in [3.63, 3.8) is 0 Å². The van der Waals surface area contributed by atoms with Gasteiger partial charge in [-0.1, -0.05) is 27.5 Å². The molecule has 6 heteroatoms. The third kappa shape index (κ3) is 3.75. The summed E-state index contributed by atoms with van der Waals surface area (Å²) in [6, 6.07) is 18.6. The number of imidazole rings is 1. The Morgan fingerprint density at radius 2 is 1.78 bits per heavy atom. The summed E-state index contributed by atoms with van der Waals surface area (Å²) in [6.45, 7) is 1.96. The van der Waals surface area contributed by atoms with Crippen LogP contribution < -0.4 is 5.32 Å². The molecule has 0 atom stereocenters. The molecule has 0 fully saturated rings. The standard InChI is InChI=1S/C21H15BrClN3O/c1-12-10-18-19(11-17(12)23)26-20(25-18)13-4-8-16(9-5-13)24-21(27)14-2-6-15(22)7-3-14/h2-11H,1H3,(H,24,27)(H,25,26). The van der Waals surface area contributed by atoms with E-state index in [2.05, 4.69) is 31.2 Å². The molecular weight excluding hydrogens is 426 g/mol. The highest BCUT2D eigenvalue weighted by atomic mass is 79.9. The number of aryl methyl sites for hydroxylation is 1. The van der Waals surface area contributed by atoms with Crippen molar-refractivity contribution in [2.24, 2.45) is 0 Å². The van der Waals surface area contributed by atoms with Crippen LogP contribution in [-0.2, 0) is 0 Å². The second-order valence-electron chi connectivity index (χ2n) is 6.24. The number of benzene rings is 3. The number of aromatic nitrogens is 2. The van der Waals surface area contributed by atoms with Crippen molar-refractivity contribution in [2.45, 2.75) is 6.92 Å². The van der Waals surface area contributed by atoms with Gasteiger partial charge in [-0.3, -0.25) is 4.79 Å². The molecule has 27 heavy (non-hydrogen) atoms. The van der Waals surface area contributed by atoms with Crippen molar-refractivity contribution < 1.29 is 4.79 Å². The number of aromatic amines is 1. The summed E-state index contributed by atoms with van der Waals surface area (Å²) in [6.07, 6.45) is 0. The number of carbonyl (C=O) groups excluding carboxylic acids is 1. The average Bonchev–Trinajstić information content (AvgIpc) is 3.06. The van der Waals surface area contributed by atoms with Gasteiger partial charge in [-0.25, -0.2) is 4.98 Å². The van der Waals surface area contributed by atoms with E-state index in [1.165, 1.54) is 0 Å². The Kier molecular flexibility index (Phi) is 4.72. The van der Waals surface area contributed by atoms with E-state index in [0.717, 1.165) is 38.1 Å². The molecule has 1 heterocycles. The van der Waals surface area contributed by atoms with E-state index in [0.29, 0.717) is 10.6 Å². The summed E-state index contributed by atoms with van der Waals surface area (Å²) >= 11 is 9.54. The maximum Gasteiger partial charge on any atom is 0.255 e. The number of fused-ring (bicyclic) bond motifs is 1. The van der Waals surface area contributed by atoms with Gasteiger partial charge in [0.05, 0.1) is 11.0 Å².